The van der Waals surface area contributed by atoms with Gasteiger partial charge in [0, 0.05) is 10.6 Å². The van der Waals surface area contributed by atoms with Gasteiger partial charge in [-0.1, -0.05) is 5.16 Å². The van der Waals surface area contributed by atoms with Crippen LogP contribution in [0.4, 0.5) is 18.9 Å². The van der Waals surface area contributed by atoms with Crippen LogP contribution in [0, 0.1) is 6.92 Å². The van der Waals surface area contributed by atoms with Crippen molar-refractivity contribution < 1.29 is 17.7 Å². The highest BCUT2D eigenvalue weighted by molar-refractivity contribution is 7.98. The van der Waals surface area contributed by atoms with Crippen LogP contribution in [0.3, 0.4) is 0 Å². The molecule has 19 heavy (non-hydrogen) atoms. The summed E-state index contributed by atoms with van der Waals surface area (Å²) in [6.45, 7) is 1.68. The molecule has 2 aromatic rings. The fourth-order valence-electron chi connectivity index (χ4n) is 1.39. The van der Waals surface area contributed by atoms with Gasteiger partial charge in [0.2, 0.25) is 5.89 Å². The smallest absolute Gasteiger partial charge is 0.398 e. The van der Waals surface area contributed by atoms with Crippen molar-refractivity contribution in [3.63, 3.8) is 0 Å². The number of nitrogens with two attached hydrogens (primary N) is 1. The number of hydrogen-bond acceptors (Lipinski definition) is 5. The van der Waals surface area contributed by atoms with Crippen molar-refractivity contribution in [1.29, 1.82) is 0 Å². The molecule has 0 aliphatic heterocycles. The lowest BCUT2D eigenvalue weighted by Gasteiger charge is -2.09. The number of hydrogen-bond donors (Lipinski definition) is 1. The first-order chi connectivity index (χ1) is 8.86. The Labute approximate surface area is 111 Å². The Kier molecular flexibility index (Phi) is 3.70. The second kappa shape index (κ2) is 5.12. The first kappa shape index (κ1) is 13.7. The van der Waals surface area contributed by atoms with E-state index < -0.39 is 11.7 Å². The third kappa shape index (κ3) is 3.40. The predicted octanol–water partition coefficient (Wildman–Crippen LogP) is 3.27. The van der Waals surface area contributed by atoms with Crippen LogP contribution >= 0.6 is 11.8 Å². The molecule has 0 bridgehead atoms. The predicted molar refractivity (Wildman–Crippen MR) is 64.5 cm³/mol. The van der Waals surface area contributed by atoms with E-state index in [0.29, 0.717) is 22.4 Å². The highest BCUT2D eigenvalue weighted by Crippen LogP contribution is 2.35. The highest BCUT2D eigenvalue weighted by Gasteiger charge is 2.30. The van der Waals surface area contributed by atoms with Gasteiger partial charge in [-0.15, -0.1) is 11.8 Å². The van der Waals surface area contributed by atoms with E-state index in [1.165, 1.54) is 17.8 Å². The summed E-state index contributed by atoms with van der Waals surface area (Å²) in [4.78, 5) is 4.54. The summed E-state index contributed by atoms with van der Waals surface area (Å²) >= 11 is 1.24. The molecule has 1 aromatic carbocycles. The van der Waals surface area contributed by atoms with Gasteiger partial charge < -0.3 is 10.3 Å². The molecule has 1 aromatic heterocycles. The second-order valence-corrected chi connectivity index (χ2v) is 4.79. The van der Waals surface area contributed by atoms with Crippen LogP contribution in [0.15, 0.2) is 27.6 Å². The van der Waals surface area contributed by atoms with Gasteiger partial charge >= 0.3 is 6.18 Å². The summed E-state index contributed by atoms with van der Waals surface area (Å²) in [5.41, 5.74) is 4.92. The summed E-state index contributed by atoms with van der Waals surface area (Å²) in [5.74, 6) is 1.27. The maximum atomic E-state index is 12.5. The maximum Gasteiger partial charge on any atom is 0.416 e. The lowest BCUT2D eigenvalue weighted by Crippen LogP contribution is -2.05. The zero-order valence-corrected chi connectivity index (χ0v) is 10.7. The van der Waals surface area contributed by atoms with Crippen LogP contribution in [0.1, 0.15) is 17.3 Å². The number of halogens is 3. The van der Waals surface area contributed by atoms with Crippen molar-refractivity contribution in [2.24, 2.45) is 0 Å². The monoisotopic (exact) mass is 289 g/mol. The Morgan fingerprint density at radius 2 is 2.11 bits per heavy atom. The summed E-state index contributed by atoms with van der Waals surface area (Å²) in [6.07, 6.45) is -4.39. The second-order valence-electron chi connectivity index (χ2n) is 3.77. The zero-order valence-electron chi connectivity index (χ0n) is 9.86. The first-order valence-electron chi connectivity index (χ1n) is 5.25. The molecule has 0 fully saturated rings. The minimum absolute atomic E-state index is 0.0797. The van der Waals surface area contributed by atoms with Crippen LogP contribution in [-0.2, 0) is 11.9 Å². The third-order valence-corrected chi connectivity index (χ3v) is 3.33. The van der Waals surface area contributed by atoms with E-state index in [4.69, 9.17) is 10.3 Å². The maximum absolute atomic E-state index is 12.5. The summed E-state index contributed by atoms with van der Waals surface area (Å²) in [6, 6.07) is 3.26. The Bertz CT molecular complexity index is 583. The van der Waals surface area contributed by atoms with Crippen molar-refractivity contribution in [3.05, 3.63) is 35.5 Å². The fourth-order valence-corrected chi connectivity index (χ4v) is 2.18. The molecule has 102 valence electrons. The quantitative estimate of drug-likeness (QED) is 0.694. The molecule has 2 N–H and O–H groups in total. The molecule has 8 heteroatoms. The van der Waals surface area contributed by atoms with Crippen LogP contribution in [0.2, 0.25) is 0 Å². The molecule has 1 heterocycles. The number of thioether (sulfide) groups is 1. The van der Waals surface area contributed by atoms with Crippen LogP contribution < -0.4 is 5.73 Å². The fraction of sp³-hybridized carbons (Fsp3) is 0.273. The molecular formula is C11H10F3N3OS. The minimum Gasteiger partial charge on any atom is -0.398 e. The molecule has 0 saturated heterocycles. The van der Waals surface area contributed by atoms with Crippen molar-refractivity contribution in [2.45, 2.75) is 23.7 Å². The molecule has 2 rings (SSSR count). The van der Waals surface area contributed by atoms with E-state index in [0.717, 1.165) is 12.1 Å². The molecule has 4 nitrogen and oxygen atoms in total. The Hall–Kier alpha value is -1.70. The summed E-state index contributed by atoms with van der Waals surface area (Å²) in [7, 11) is 0. The number of nitrogen functional groups attached to an aromatic ring is 1. The zero-order chi connectivity index (χ0) is 14.0. The Morgan fingerprint density at radius 1 is 1.37 bits per heavy atom. The van der Waals surface area contributed by atoms with E-state index in [9.17, 15) is 13.2 Å². The average Bonchev–Trinajstić information content (AvgIpc) is 2.72. The van der Waals surface area contributed by atoms with Gasteiger partial charge in [-0.3, -0.25) is 0 Å². The van der Waals surface area contributed by atoms with Gasteiger partial charge in [0.25, 0.3) is 0 Å². The number of nitrogens with zero attached hydrogens (tertiary/aromatic N) is 2. The van der Waals surface area contributed by atoms with Crippen molar-refractivity contribution >= 4 is 17.4 Å². The number of aryl methyl sites for hydroxylation is 1. The molecule has 0 amide bonds. The molecule has 0 saturated carbocycles. The molecule has 0 spiro atoms. The lowest BCUT2D eigenvalue weighted by molar-refractivity contribution is -0.137. The van der Waals surface area contributed by atoms with Gasteiger partial charge in [0.15, 0.2) is 5.82 Å². The lowest BCUT2D eigenvalue weighted by atomic mass is 10.2. The normalized spacial score (nSPS) is 11.8. The first-order valence-corrected chi connectivity index (χ1v) is 6.23. The number of alkyl halides is 3. The summed E-state index contributed by atoms with van der Waals surface area (Å²) in [5, 5.41) is 3.62. The van der Waals surface area contributed by atoms with Gasteiger partial charge in [-0.2, -0.15) is 18.2 Å². The molecule has 0 atom stereocenters. The standard InChI is InChI=1S/C11H10F3N3OS/c1-6-16-10(18-17-6)5-19-9-3-2-7(4-8(9)15)11(12,13)14/h2-4H,5,15H2,1H3. The van der Waals surface area contributed by atoms with E-state index in [2.05, 4.69) is 10.1 Å². The topological polar surface area (TPSA) is 64.9 Å². The van der Waals surface area contributed by atoms with Crippen molar-refractivity contribution in [2.75, 3.05) is 5.73 Å². The number of aromatic nitrogens is 2. The molecule has 0 unspecified atom stereocenters. The van der Waals surface area contributed by atoms with Gasteiger partial charge in [0.05, 0.1) is 11.3 Å². The van der Waals surface area contributed by atoms with E-state index >= 15 is 0 Å². The van der Waals surface area contributed by atoms with E-state index in [1.807, 2.05) is 0 Å². The van der Waals surface area contributed by atoms with E-state index in [1.54, 1.807) is 6.92 Å². The van der Waals surface area contributed by atoms with Crippen LogP contribution in [0.5, 0.6) is 0 Å². The van der Waals surface area contributed by atoms with Gasteiger partial charge in [0.1, 0.15) is 0 Å². The highest BCUT2D eigenvalue weighted by atomic mass is 32.2. The number of benzene rings is 1. The largest absolute Gasteiger partial charge is 0.416 e. The minimum atomic E-state index is -4.39. The van der Waals surface area contributed by atoms with Crippen LogP contribution in [-0.4, -0.2) is 10.1 Å². The SMILES string of the molecule is Cc1noc(CSc2ccc(C(F)(F)F)cc2N)n1. The molecule has 0 aliphatic carbocycles. The Morgan fingerprint density at radius 3 is 2.63 bits per heavy atom. The molecule has 0 radical (unpaired) electrons. The van der Waals surface area contributed by atoms with Gasteiger partial charge in [-0.05, 0) is 25.1 Å². The average molecular weight is 289 g/mol. The number of anilines is 1. The van der Waals surface area contributed by atoms with Crippen LogP contribution in [0.25, 0.3) is 0 Å². The van der Waals surface area contributed by atoms with E-state index in [-0.39, 0.29) is 5.69 Å². The molecule has 0 aliphatic rings. The van der Waals surface area contributed by atoms with Crippen molar-refractivity contribution in [1.82, 2.24) is 10.1 Å². The van der Waals surface area contributed by atoms with Crippen molar-refractivity contribution in [3.8, 4) is 0 Å². The third-order valence-electron chi connectivity index (χ3n) is 2.26. The summed E-state index contributed by atoms with van der Waals surface area (Å²) < 4.78 is 42.3. The van der Waals surface area contributed by atoms with Gasteiger partial charge in [-0.25, -0.2) is 0 Å². The number of rotatable bonds is 3. The molecular weight excluding hydrogens is 279 g/mol. The Balaban J connectivity index is 2.09.